The molecule has 5 heteroatoms. The lowest BCUT2D eigenvalue weighted by atomic mass is 9.86. The largest absolute Gasteiger partial charge is 0.474 e. The minimum Gasteiger partial charge on any atom is -0.474 e. The number of hydrogen-bond acceptors (Lipinski definition) is 4. The van der Waals surface area contributed by atoms with E-state index in [1.165, 1.54) is 19.3 Å². The van der Waals surface area contributed by atoms with Crippen LogP contribution in [-0.2, 0) is 0 Å². The molecule has 2 unspecified atom stereocenters. The van der Waals surface area contributed by atoms with Crippen LogP contribution in [0.2, 0.25) is 0 Å². The van der Waals surface area contributed by atoms with E-state index in [0.29, 0.717) is 23.7 Å². The van der Waals surface area contributed by atoms with Crippen LogP contribution in [0.3, 0.4) is 0 Å². The zero-order valence-electron chi connectivity index (χ0n) is 11.6. The maximum atomic E-state index is 6.04. The molecule has 1 N–H and O–H groups in total. The molecule has 4 nitrogen and oxygen atoms in total. The van der Waals surface area contributed by atoms with Gasteiger partial charge in [0.25, 0.3) is 0 Å². The summed E-state index contributed by atoms with van der Waals surface area (Å²) in [6, 6.07) is 0.398. The third-order valence-electron chi connectivity index (χ3n) is 3.41. The first-order valence-corrected chi connectivity index (χ1v) is 7.53. The van der Waals surface area contributed by atoms with Gasteiger partial charge in [-0.3, -0.25) is 4.98 Å². The monoisotopic (exact) mass is 283 g/mol. The van der Waals surface area contributed by atoms with Gasteiger partial charge in [0.1, 0.15) is 5.82 Å². The van der Waals surface area contributed by atoms with Crippen LogP contribution in [0.1, 0.15) is 39.5 Å². The van der Waals surface area contributed by atoms with E-state index >= 15 is 0 Å². The molecule has 1 heterocycles. The number of nitrogens with zero attached hydrogens (tertiary/aromatic N) is 2. The molecule has 0 bridgehead atoms. The molecule has 1 aliphatic rings. The van der Waals surface area contributed by atoms with Crippen molar-refractivity contribution in [2.24, 2.45) is 5.92 Å². The van der Waals surface area contributed by atoms with E-state index in [4.69, 9.17) is 16.3 Å². The molecule has 19 heavy (non-hydrogen) atoms. The van der Waals surface area contributed by atoms with Gasteiger partial charge in [0.15, 0.2) is 0 Å². The smallest absolute Gasteiger partial charge is 0.234 e. The van der Waals surface area contributed by atoms with Crippen LogP contribution in [0.5, 0.6) is 5.88 Å². The topological polar surface area (TPSA) is 47.0 Å². The highest BCUT2D eigenvalue weighted by Crippen LogP contribution is 2.27. The maximum absolute atomic E-state index is 6.04. The number of nitrogens with one attached hydrogen (secondary N) is 1. The fourth-order valence-electron chi connectivity index (χ4n) is 2.49. The Balaban J connectivity index is 2.01. The Bertz CT molecular complexity index is 400. The molecule has 1 aromatic heterocycles. The van der Waals surface area contributed by atoms with Crippen molar-refractivity contribution >= 4 is 17.4 Å². The van der Waals surface area contributed by atoms with Crippen LogP contribution in [0.25, 0.3) is 0 Å². The van der Waals surface area contributed by atoms with Crippen molar-refractivity contribution < 1.29 is 4.74 Å². The first-order valence-electron chi connectivity index (χ1n) is 7.00. The first-order chi connectivity index (χ1) is 9.19. The minimum atomic E-state index is 0.106. The second kappa shape index (κ2) is 6.94. The third kappa shape index (κ3) is 4.23. The summed E-state index contributed by atoms with van der Waals surface area (Å²) in [4.78, 5) is 8.61. The Kier molecular flexibility index (Phi) is 5.25. The highest BCUT2D eigenvalue weighted by atomic mass is 35.5. The SMILES string of the molecule is CC(C)Oc1cncc(NC2CCCCC2CCl)n1. The molecule has 1 aliphatic carbocycles. The van der Waals surface area contributed by atoms with Gasteiger partial charge in [-0.25, -0.2) is 0 Å². The zero-order valence-corrected chi connectivity index (χ0v) is 12.4. The summed E-state index contributed by atoms with van der Waals surface area (Å²) in [5, 5.41) is 3.46. The molecule has 1 fully saturated rings. The molecule has 0 aromatic carbocycles. The van der Waals surface area contributed by atoms with Crippen LogP contribution in [0.15, 0.2) is 12.4 Å². The molecule has 1 saturated carbocycles. The lowest BCUT2D eigenvalue weighted by Crippen LogP contribution is -2.33. The normalized spacial score (nSPS) is 23.4. The Morgan fingerprint density at radius 2 is 2.16 bits per heavy atom. The summed E-state index contributed by atoms with van der Waals surface area (Å²) in [6.45, 7) is 3.96. The molecule has 2 rings (SSSR count). The van der Waals surface area contributed by atoms with Crippen molar-refractivity contribution in [3.63, 3.8) is 0 Å². The van der Waals surface area contributed by atoms with E-state index in [-0.39, 0.29) is 6.10 Å². The van der Waals surface area contributed by atoms with Crippen LogP contribution in [0.4, 0.5) is 5.82 Å². The van der Waals surface area contributed by atoms with Crippen LogP contribution < -0.4 is 10.1 Å². The Hall–Kier alpha value is -1.03. The fourth-order valence-corrected chi connectivity index (χ4v) is 2.86. The molecule has 0 aliphatic heterocycles. The molecule has 0 spiro atoms. The molecule has 0 amide bonds. The van der Waals surface area contributed by atoms with Gasteiger partial charge in [0.2, 0.25) is 5.88 Å². The minimum absolute atomic E-state index is 0.106. The molecular weight excluding hydrogens is 262 g/mol. The van der Waals surface area contributed by atoms with Gasteiger partial charge in [-0.05, 0) is 32.6 Å². The van der Waals surface area contributed by atoms with Gasteiger partial charge < -0.3 is 10.1 Å². The van der Waals surface area contributed by atoms with E-state index in [1.54, 1.807) is 12.4 Å². The predicted octanol–water partition coefficient (Wildman–Crippen LogP) is 3.47. The standard InChI is InChI=1S/C14H22ClN3O/c1-10(2)19-14-9-16-8-13(18-14)17-12-6-4-3-5-11(12)7-15/h8-12H,3-7H2,1-2H3,(H,17,18). The molecular formula is C14H22ClN3O. The van der Waals surface area contributed by atoms with E-state index in [0.717, 1.165) is 12.2 Å². The summed E-state index contributed by atoms with van der Waals surface area (Å²) in [6.07, 6.45) is 8.36. The zero-order chi connectivity index (χ0) is 13.7. The highest BCUT2D eigenvalue weighted by Gasteiger charge is 2.24. The number of alkyl halides is 1. The lowest BCUT2D eigenvalue weighted by Gasteiger charge is -2.31. The van der Waals surface area contributed by atoms with Gasteiger partial charge in [0.05, 0.1) is 18.5 Å². The van der Waals surface area contributed by atoms with E-state index in [2.05, 4.69) is 15.3 Å². The highest BCUT2D eigenvalue weighted by molar-refractivity contribution is 6.18. The number of rotatable bonds is 5. The van der Waals surface area contributed by atoms with Crippen LogP contribution in [0, 0.1) is 5.92 Å². The van der Waals surface area contributed by atoms with E-state index in [1.807, 2.05) is 13.8 Å². The van der Waals surface area contributed by atoms with Crippen molar-refractivity contribution in [2.75, 3.05) is 11.2 Å². The van der Waals surface area contributed by atoms with Crippen molar-refractivity contribution in [2.45, 2.75) is 51.7 Å². The fraction of sp³-hybridized carbons (Fsp3) is 0.714. The summed E-state index contributed by atoms with van der Waals surface area (Å²) in [7, 11) is 0. The molecule has 0 saturated heterocycles. The molecule has 106 valence electrons. The number of anilines is 1. The number of aromatic nitrogens is 2. The number of hydrogen-bond donors (Lipinski definition) is 1. The quantitative estimate of drug-likeness (QED) is 0.841. The van der Waals surface area contributed by atoms with Gasteiger partial charge >= 0.3 is 0 Å². The average molecular weight is 284 g/mol. The van der Waals surface area contributed by atoms with Crippen molar-refractivity contribution in [1.29, 1.82) is 0 Å². The Morgan fingerprint density at radius 1 is 1.37 bits per heavy atom. The van der Waals surface area contributed by atoms with Crippen LogP contribution >= 0.6 is 11.6 Å². The van der Waals surface area contributed by atoms with Crippen LogP contribution in [-0.4, -0.2) is 28.0 Å². The van der Waals surface area contributed by atoms with Gasteiger partial charge in [0, 0.05) is 11.9 Å². The van der Waals surface area contributed by atoms with Crippen molar-refractivity contribution in [3.05, 3.63) is 12.4 Å². The molecule has 0 radical (unpaired) electrons. The summed E-state index contributed by atoms with van der Waals surface area (Å²) in [5.41, 5.74) is 0. The average Bonchev–Trinajstić information content (AvgIpc) is 2.39. The number of ether oxygens (including phenoxy) is 1. The second-order valence-electron chi connectivity index (χ2n) is 5.36. The van der Waals surface area contributed by atoms with Crippen molar-refractivity contribution in [3.8, 4) is 5.88 Å². The van der Waals surface area contributed by atoms with Gasteiger partial charge in [-0.15, -0.1) is 11.6 Å². The summed E-state index contributed by atoms with van der Waals surface area (Å²) >= 11 is 6.04. The third-order valence-corrected chi connectivity index (χ3v) is 3.81. The maximum Gasteiger partial charge on any atom is 0.234 e. The summed E-state index contributed by atoms with van der Waals surface area (Å²) < 4.78 is 5.56. The number of halogens is 1. The first kappa shape index (κ1) is 14.4. The summed E-state index contributed by atoms with van der Waals surface area (Å²) in [5.74, 6) is 2.57. The lowest BCUT2D eigenvalue weighted by molar-refractivity contribution is 0.231. The van der Waals surface area contributed by atoms with Gasteiger partial charge in [-0.1, -0.05) is 12.8 Å². The molecule has 1 aromatic rings. The van der Waals surface area contributed by atoms with Gasteiger partial charge in [-0.2, -0.15) is 4.98 Å². The second-order valence-corrected chi connectivity index (χ2v) is 5.67. The van der Waals surface area contributed by atoms with Crippen molar-refractivity contribution in [1.82, 2.24) is 9.97 Å². The predicted molar refractivity (Wildman–Crippen MR) is 77.9 cm³/mol. The Labute approximate surface area is 119 Å². The molecule has 2 atom stereocenters. The van der Waals surface area contributed by atoms with E-state index < -0.39 is 0 Å². The van der Waals surface area contributed by atoms with E-state index in [9.17, 15) is 0 Å². The Morgan fingerprint density at radius 3 is 2.89 bits per heavy atom.